The molecule has 0 spiro atoms. The lowest BCUT2D eigenvalue weighted by Gasteiger charge is -2.16. The van der Waals surface area contributed by atoms with Crippen LogP contribution in [0.3, 0.4) is 0 Å². The predicted octanol–water partition coefficient (Wildman–Crippen LogP) is 4.06. The smallest absolute Gasteiger partial charge is 0.362 e. The summed E-state index contributed by atoms with van der Waals surface area (Å²) < 4.78 is 38.3. The molecule has 0 bridgehead atoms. The Morgan fingerprint density at radius 3 is 2.61 bits per heavy atom. The van der Waals surface area contributed by atoms with Crippen LogP contribution in [0, 0.1) is 0 Å². The van der Waals surface area contributed by atoms with Crippen molar-refractivity contribution in [3.63, 3.8) is 0 Å². The Hall–Kier alpha value is -1.01. The summed E-state index contributed by atoms with van der Waals surface area (Å²) in [5, 5.41) is 5.37. The zero-order valence-electron chi connectivity index (χ0n) is 9.57. The second kappa shape index (κ2) is 6.24. The molecule has 0 atom stereocenters. The minimum atomic E-state index is -4.48. The Bertz CT molecular complexity index is 435. The van der Waals surface area contributed by atoms with Crippen LogP contribution < -0.4 is 10.6 Å². The number of halogens is 4. The third kappa shape index (κ3) is 4.03. The van der Waals surface area contributed by atoms with Gasteiger partial charge in [-0.1, -0.05) is 24.6 Å². The summed E-state index contributed by atoms with van der Waals surface area (Å²) in [6, 6.07) is 3.58. The second-order valence-electron chi connectivity index (χ2n) is 3.54. The second-order valence-corrected chi connectivity index (χ2v) is 4.36. The molecule has 0 amide bonds. The van der Waals surface area contributed by atoms with Gasteiger partial charge in [0.1, 0.15) is 0 Å². The summed E-state index contributed by atoms with van der Waals surface area (Å²) >= 11 is 10.7. The zero-order valence-corrected chi connectivity index (χ0v) is 11.1. The maximum atomic E-state index is 12.8. The molecule has 0 radical (unpaired) electrons. The van der Waals surface area contributed by atoms with E-state index in [0.717, 1.165) is 12.5 Å². The van der Waals surface area contributed by atoms with Crippen molar-refractivity contribution in [2.24, 2.45) is 0 Å². The van der Waals surface area contributed by atoms with Crippen LogP contribution in [0.4, 0.5) is 18.9 Å². The van der Waals surface area contributed by atoms with E-state index in [0.29, 0.717) is 6.54 Å². The molecule has 0 unspecified atom stereocenters. The van der Waals surface area contributed by atoms with Crippen molar-refractivity contribution in [1.82, 2.24) is 5.32 Å². The van der Waals surface area contributed by atoms with E-state index in [-0.39, 0.29) is 15.8 Å². The lowest BCUT2D eigenvalue weighted by molar-refractivity contribution is -0.136. The summed E-state index contributed by atoms with van der Waals surface area (Å²) in [4.78, 5) is 0. The highest BCUT2D eigenvalue weighted by Gasteiger charge is 2.34. The molecule has 2 N–H and O–H groups in total. The maximum absolute atomic E-state index is 12.8. The number of nitrogens with one attached hydrogen (secondary N) is 2. The highest BCUT2D eigenvalue weighted by molar-refractivity contribution is 7.80. The van der Waals surface area contributed by atoms with Gasteiger partial charge in [-0.25, -0.2) is 0 Å². The predicted molar refractivity (Wildman–Crippen MR) is 71.0 cm³/mol. The SMILES string of the molecule is CCCNC(=S)Nc1c(Cl)cccc1C(F)(F)F. The summed E-state index contributed by atoms with van der Waals surface area (Å²) in [5.74, 6) is 0. The normalized spacial score (nSPS) is 11.2. The molecule has 2 nitrogen and oxygen atoms in total. The van der Waals surface area contributed by atoms with Gasteiger partial charge in [-0.2, -0.15) is 13.2 Å². The van der Waals surface area contributed by atoms with E-state index in [1.807, 2.05) is 6.92 Å². The van der Waals surface area contributed by atoms with Gasteiger partial charge in [0.2, 0.25) is 0 Å². The van der Waals surface area contributed by atoms with Crippen molar-refractivity contribution in [3.05, 3.63) is 28.8 Å². The first-order valence-electron chi connectivity index (χ1n) is 5.26. The molecule has 0 aromatic heterocycles. The minimum Gasteiger partial charge on any atom is -0.362 e. The van der Waals surface area contributed by atoms with Crippen molar-refractivity contribution < 1.29 is 13.2 Å². The molecule has 0 saturated carbocycles. The van der Waals surface area contributed by atoms with E-state index in [1.54, 1.807) is 0 Å². The van der Waals surface area contributed by atoms with E-state index in [4.69, 9.17) is 23.8 Å². The Morgan fingerprint density at radius 1 is 1.39 bits per heavy atom. The lowest BCUT2D eigenvalue weighted by Crippen LogP contribution is -2.30. The van der Waals surface area contributed by atoms with E-state index >= 15 is 0 Å². The van der Waals surface area contributed by atoms with Crippen LogP contribution in [0.5, 0.6) is 0 Å². The van der Waals surface area contributed by atoms with Gasteiger partial charge in [-0.15, -0.1) is 0 Å². The first kappa shape index (κ1) is 15.0. The molecule has 0 aliphatic carbocycles. The van der Waals surface area contributed by atoms with Crippen LogP contribution in [0.2, 0.25) is 5.02 Å². The number of hydrogen-bond acceptors (Lipinski definition) is 1. The molecular weight excluding hydrogens is 285 g/mol. The number of alkyl halides is 3. The first-order valence-corrected chi connectivity index (χ1v) is 6.05. The van der Waals surface area contributed by atoms with Gasteiger partial charge in [0.05, 0.1) is 16.3 Å². The highest BCUT2D eigenvalue weighted by Crippen LogP contribution is 2.38. The maximum Gasteiger partial charge on any atom is 0.418 e. The number of rotatable bonds is 3. The molecule has 18 heavy (non-hydrogen) atoms. The summed E-state index contributed by atoms with van der Waals surface area (Å²) in [6.45, 7) is 2.50. The molecule has 1 rings (SSSR count). The number of thiocarbonyl (C=S) groups is 1. The van der Waals surface area contributed by atoms with E-state index < -0.39 is 11.7 Å². The fraction of sp³-hybridized carbons (Fsp3) is 0.364. The van der Waals surface area contributed by atoms with Crippen LogP contribution in [0.15, 0.2) is 18.2 Å². The van der Waals surface area contributed by atoms with Gasteiger partial charge >= 0.3 is 6.18 Å². The third-order valence-electron chi connectivity index (χ3n) is 2.09. The molecule has 0 heterocycles. The largest absolute Gasteiger partial charge is 0.418 e. The molecule has 0 aliphatic rings. The average Bonchev–Trinajstić information content (AvgIpc) is 2.27. The molecule has 1 aromatic rings. The Balaban J connectivity index is 2.97. The minimum absolute atomic E-state index is 0.0227. The fourth-order valence-electron chi connectivity index (χ4n) is 1.28. The van der Waals surface area contributed by atoms with Crippen LogP contribution >= 0.6 is 23.8 Å². The quantitative estimate of drug-likeness (QED) is 0.823. The summed E-state index contributed by atoms with van der Waals surface area (Å²) in [7, 11) is 0. The van der Waals surface area contributed by atoms with Crippen molar-refractivity contribution in [3.8, 4) is 0 Å². The van der Waals surface area contributed by atoms with Gasteiger partial charge in [-0.05, 0) is 30.8 Å². The summed E-state index contributed by atoms with van der Waals surface area (Å²) in [6.07, 6.45) is -3.66. The van der Waals surface area contributed by atoms with E-state index in [1.165, 1.54) is 12.1 Å². The first-order chi connectivity index (χ1) is 8.36. The monoisotopic (exact) mass is 296 g/mol. The fourth-order valence-corrected chi connectivity index (χ4v) is 1.71. The van der Waals surface area contributed by atoms with Gasteiger partial charge in [-0.3, -0.25) is 0 Å². The van der Waals surface area contributed by atoms with Crippen LogP contribution in [0.1, 0.15) is 18.9 Å². The molecule has 7 heteroatoms. The van der Waals surface area contributed by atoms with Gasteiger partial charge in [0.15, 0.2) is 5.11 Å². The number of hydrogen-bond donors (Lipinski definition) is 2. The zero-order chi connectivity index (χ0) is 13.8. The molecule has 0 fully saturated rings. The highest BCUT2D eigenvalue weighted by atomic mass is 35.5. The average molecular weight is 297 g/mol. The number of anilines is 1. The van der Waals surface area contributed by atoms with Gasteiger partial charge in [0.25, 0.3) is 0 Å². The van der Waals surface area contributed by atoms with Crippen LogP contribution in [0.25, 0.3) is 0 Å². The molecule has 1 aromatic carbocycles. The number of para-hydroxylation sites is 1. The third-order valence-corrected chi connectivity index (χ3v) is 2.65. The number of benzene rings is 1. The van der Waals surface area contributed by atoms with Gasteiger partial charge < -0.3 is 10.6 Å². The van der Waals surface area contributed by atoms with Gasteiger partial charge in [0, 0.05) is 6.54 Å². The molecule has 100 valence electrons. The topological polar surface area (TPSA) is 24.1 Å². The Kier molecular flexibility index (Phi) is 5.22. The van der Waals surface area contributed by atoms with Crippen molar-refractivity contribution >= 4 is 34.6 Å². The van der Waals surface area contributed by atoms with E-state index in [2.05, 4.69) is 10.6 Å². The molecule has 0 aliphatic heterocycles. The molecular formula is C11H12ClF3N2S. The van der Waals surface area contributed by atoms with Crippen LogP contribution in [-0.4, -0.2) is 11.7 Å². The van der Waals surface area contributed by atoms with Crippen molar-refractivity contribution in [2.45, 2.75) is 19.5 Å². The lowest BCUT2D eigenvalue weighted by atomic mass is 10.1. The standard InChI is InChI=1S/C11H12ClF3N2S/c1-2-6-16-10(18)17-9-7(11(13,14)15)4-3-5-8(9)12/h3-5H,2,6H2,1H3,(H2,16,17,18). The summed E-state index contributed by atoms with van der Waals surface area (Å²) in [5.41, 5.74) is -1.06. The Labute approximate surface area is 114 Å². The van der Waals surface area contributed by atoms with Crippen molar-refractivity contribution in [2.75, 3.05) is 11.9 Å². The van der Waals surface area contributed by atoms with Crippen LogP contribution in [-0.2, 0) is 6.18 Å². The molecule has 0 saturated heterocycles. The van der Waals surface area contributed by atoms with E-state index in [9.17, 15) is 13.2 Å². The van der Waals surface area contributed by atoms with Crippen molar-refractivity contribution in [1.29, 1.82) is 0 Å². The Morgan fingerprint density at radius 2 is 2.06 bits per heavy atom.